The molecule has 1 N–H and O–H groups in total. The van der Waals surface area contributed by atoms with E-state index >= 15 is 0 Å². The minimum absolute atomic E-state index is 0.335. The molecule has 0 spiro atoms. The Morgan fingerprint density at radius 3 is 2.67 bits per heavy atom. The first kappa shape index (κ1) is 29.7. The second kappa shape index (κ2) is 12.2. The van der Waals surface area contributed by atoms with Gasteiger partial charge in [0.15, 0.2) is 5.82 Å². The number of hydrogen-bond donors (Lipinski definition) is 1. The third-order valence-corrected chi connectivity index (χ3v) is 7.42. The van der Waals surface area contributed by atoms with Crippen LogP contribution in [-0.4, -0.2) is 49.4 Å². The first-order chi connectivity index (χ1) is 20.5. The molecular formula is C31H30F3N7O2. The number of benzene rings is 2. The zero-order valence-electron chi connectivity index (χ0n) is 23.7. The van der Waals surface area contributed by atoms with Crippen molar-refractivity contribution >= 4 is 11.6 Å². The third-order valence-electron chi connectivity index (χ3n) is 7.42. The van der Waals surface area contributed by atoms with Gasteiger partial charge in [0.1, 0.15) is 18.4 Å². The minimum atomic E-state index is -4.63. The Balaban J connectivity index is 1.47. The van der Waals surface area contributed by atoms with E-state index in [9.17, 15) is 28.0 Å². The van der Waals surface area contributed by atoms with E-state index in [4.69, 9.17) is 0 Å². The second-order valence-corrected chi connectivity index (χ2v) is 11.0. The molecule has 0 unspecified atom stereocenters. The van der Waals surface area contributed by atoms with Crippen LogP contribution in [0.25, 0.3) is 22.5 Å². The van der Waals surface area contributed by atoms with E-state index in [0.717, 1.165) is 31.5 Å². The number of likely N-dealkylation sites (tertiary alicyclic amines) is 1. The van der Waals surface area contributed by atoms with E-state index in [2.05, 4.69) is 33.4 Å². The Morgan fingerprint density at radius 1 is 1.16 bits per heavy atom. The van der Waals surface area contributed by atoms with Crippen LogP contribution in [0.2, 0.25) is 0 Å². The number of piperidine rings is 1. The number of amides is 1. The van der Waals surface area contributed by atoms with Gasteiger partial charge in [-0.2, -0.15) is 18.4 Å². The highest BCUT2D eigenvalue weighted by Crippen LogP contribution is 2.33. The van der Waals surface area contributed by atoms with Gasteiger partial charge in [0.25, 0.3) is 11.5 Å². The number of hydrogen-bond acceptors (Lipinski definition) is 6. The maximum Gasteiger partial charge on any atom is 0.406 e. The van der Waals surface area contributed by atoms with Crippen molar-refractivity contribution in [1.29, 1.82) is 5.26 Å². The monoisotopic (exact) mass is 589 g/mol. The van der Waals surface area contributed by atoms with E-state index in [1.54, 1.807) is 54.3 Å². The van der Waals surface area contributed by atoms with Gasteiger partial charge in [-0.15, -0.1) is 10.2 Å². The van der Waals surface area contributed by atoms with Crippen LogP contribution in [0.3, 0.4) is 0 Å². The average Bonchev–Trinajstić information content (AvgIpc) is 3.39. The number of nitriles is 1. The fourth-order valence-electron chi connectivity index (χ4n) is 5.49. The molecule has 0 bridgehead atoms. The number of anilines is 1. The molecule has 4 aromatic rings. The number of pyridine rings is 1. The van der Waals surface area contributed by atoms with Gasteiger partial charge in [-0.1, -0.05) is 25.1 Å². The molecule has 1 saturated heterocycles. The summed E-state index contributed by atoms with van der Waals surface area (Å²) in [7, 11) is 1.78. The first-order valence-corrected chi connectivity index (χ1v) is 13.8. The summed E-state index contributed by atoms with van der Waals surface area (Å²) in [6, 6.07) is 15.5. The summed E-state index contributed by atoms with van der Waals surface area (Å²) in [5.74, 6) is 0.183. The average molecular weight is 590 g/mol. The number of aromatic nitrogens is 4. The summed E-state index contributed by atoms with van der Waals surface area (Å²) < 4.78 is 42.4. The predicted molar refractivity (Wildman–Crippen MR) is 155 cm³/mol. The van der Waals surface area contributed by atoms with Gasteiger partial charge in [0.2, 0.25) is 0 Å². The lowest BCUT2D eigenvalue weighted by molar-refractivity contribution is -0.141. The fourth-order valence-corrected chi connectivity index (χ4v) is 5.49. The van der Waals surface area contributed by atoms with Crippen molar-refractivity contribution < 1.29 is 18.0 Å². The van der Waals surface area contributed by atoms with Crippen LogP contribution < -0.4 is 10.9 Å². The van der Waals surface area contributed by atoms with Crippen LogP contribution in [0.15, 0.2) is 65.8 Å². The van der Waals surface area contributed by atoms with Crippen molar-refractivity contribution in [2.45, 2.75) is 39.0 Å². The van der Waals surface area contributed by atoms with E-state index in [0.29, 0.717) is 50.8 Å². The number of carbonyl (C=O) groups excluding carboxylic acids is 1. The van der Waals surface area contributed by atoms with Crippen molar-refractivity contribution in [3.8, 4) is 28.6 Å². The standard InChI is InChI=1S/C31H30F3N7O2/c1-20-5-4-10-40(15-20)16-22-12-27(30(43)41(17-22)18-31(32,33)34)29(42)37-24-7-3-6-23(13-24)25-9-8-21(14-35)11-26(25)28-38-36-19-39(28)2/h3,6-9,11-13,17,19-20H,4-5,10,15-16,18H2,1-2H3,(H,37,42)/t20-/m0/s1. The zero-order chi connectivity index (χ0) is 30.7. The van der Waals surface area contributed by atoms with Crippen LogP contribution >= 0.6 is 0 Å². The molecule has 5 rings (SSSR count). The Bertz CT molecular complexity index is 1750. The molecule has 1 fully saturated rings. The number of nitrogens with one attached hydrogen (secondary N) is 1. The van der Waals surface area contributed by atoms with Gasteiger partial charge in [0.05, 0.1) is 11.6 Å². The molecule has 0 aliphatic carbocycles. The Kier molecular flexibility index (Phi) is 8.45. The van der Waals surface area contributed by atoms with Gasteiger partial charge in [-0.3, -0.25) is 14.5 Å². The molecule has 0 radical (unpaired) electrons. The normalized spacial score (nSPS) is 15.7. The van der Waals surface area contributed by atoms with E-state index in [1.165, 1.54) is 12.3 Å². The number of carbonyl (C=O) groups is 1. The van der Waals surface area contributed by atoms with Crippen molar-refractivity contribution in [3.05, 3.63) is 88.1 Å². The van der Waals surface area contributed by atoms with Gasteiger partial charge in [-0.05, 0) is 72.3 Å². The van der Waals surface area contributed by atoms with E-state index in [-0.39, 0.29) is 5.56 Å². The smallest absolute Gasteiger partial charge is 0.322 e. The van der Waals surface area contributed by atoms with Gasteiger partial charge in [-0.25, -0.2) is 0 Å². The zero-order valence-corrected chi connectivity index (χ0v) is 23.7. The molecule has 1 amide bonds. The summed E-state index contributed by atoms with van der Waals surface area (Å²) >= 11 is 0. The molecule has 1 aliphatic rings. The maximum absolute atomic E-state index is 13.4. The number of halogens is 3. The lowest BCUT2D eigenvalue weighted by atomic mass is 9.96. The molecule has 222 valence electrons. The van der Waals surface area contributed by atoms with Gasteiger partial charge < -0.3 is 14.5 Å². The molecule has 2 aromatic carbocycles. The Labute approximate surface area is 246 Å². The summed E-state index contributed by atoms with van der Waals surface area (Å²) in [6.07, 6.45) is 0.168. The molecule has 0 saturated carbocycles. The predicted octanol–water partition coefficient (Wildman–Crippen LogP) is 5.23. The number of aryl methyl sites for hydroxylation is 1. The second-order valence-electron chi connectivity index (χ2n) is 11.0. The lowest BCUT2D eigenvalue weighted by Gasteiger charge is -2.31. The maximum atomic E-state index is 13.4. The van der Waals surface area contributed by atoms with Crippen molar-refractivity contribution in [2.75, 3.05) is 18.4 Å². The molecule has 1 aliphatic heterocycles. The van der Waals surface area contributed by atoms with Crippen LogP contribution in [0.5, 0.6) is 0 Å². The van der Waals surface area contributed by atoms with Crippen molar-refractivity contribution in [3.63, 3.8) is 0 Å². The molecule has 3 heterocycles. The molecule has 9 nitrogen and oxygen atoms in total. The third kappa shape index (κ3) is 7.01. The van der Waals surface area contributed by atoms with Crippen LogP contribution in [0.4, 0.5) is 18.9 Å². The largest absolute Gasteiger partial charge is 0.406 e. The highest BCUT2D eigenvalue weighted by atomic mass is 19.4. The fraction of sp³-hybridized carbons (Fsp3) is 0.323. The highest BCUT2D eigenvalue weighted by Gasteiger charge is 2.30. The Morgan fingerprint density at radius 2 is 1.98 bits per heavy atom. The number of alkyl halides is 3. The molecular weight excluding hydrogens is 559 g/mol. The quantitative estimate of drug-likeness (QED) is 0.316. The van der Waals surface area contributed by atoms with Crippen LogP contribution in [-0.2, 0) is 20.1 Å². The van der Waals surface area contributed by atoms with E-state index in [1.807, 2.05) is 6.07 Å². The SMILES string of the molecule is C[C@H]1CCCN(Cc2cc(C(=O)Nc3cccc(-c4ccc(C#N)cc4-c4nncn4C)c3)c(=O)n(CC(F)(F)F)c2)C1. The summed E-state index contributed by atoms with van der Waals surface area (Å²) in [4.78, 5) is 28.6. The lowest BCUT2D eigenvalue weighted by Crippen LogP contribution is -2.36. The molecule has 43 heavy (non-hydrogen) atoms. The molecule has 1 atom stereocenters. The van der Waals surface area contributed by atoms with Gasteiger partial charge >= 0.3 is 6.18 Å². The summed E-state index contributed by atoms with van der Waals surface area (Å²) in [5.41, 5.74) is 1.90. The Hall–Kier alpha value is -4.76. The van der Waals surface area contributed by atoms with Crippen molar-refractivity contribution in [2.24, 2.45) is 13.0 Å². The van der Waals surface area contributed by atoms with E-state index < -0.39 is 24.2 Å². The minimum Gasteiger partial charge on any atom is -0.322 e. The number of nitrogens with zero attached hydrogens (tertiary/aromatic N) is 6. The summed E-state index contributed by atoms with van der Waals surface area (Å²) in [5, 5.41) is 20.2. The van der Waals surface area contributed by atoms with Gasteiger partial charge in [0, 0.05) is 37.6 Å². The number of rotatable bonds is 7. The highest BCUT2D eigenvalue weighted by molar-refractivity contribution is 6.04. The first-order valence-electron chi connectivity index (χ1n) is 13.8. The summed E-state index contributed by atoms with van der Waals surface area (Å²) in [6.45, 7) is 2.55. The van der Waals surface area contributed by atoms with Crippen LogP contribution in [0, 0.1) is 17.2 Å². The topological polar surface area (TPSA) is 109 Å². The van der Waals surface area contributed by atoms with Crippen molar-refractivity contribution in [1.82, 2.24) is 24.2 Å². The molecule has 12 heteroatoms. The van der Waals surface area contributed by atoms with Crippen LogP contribution in [0.1, 0.15) is 41.3 Å². The molecule has 2 aromatic heterocycles.